The molecule has 8 heteroatoms. The summed E-state index contributed by atoms with van der Waals surface area (Å²) in [4.78, 5) is 26.5. The van der Waals surface area contributed by atoms with Crippen LogP contribution in [-0.4, -0.2) is 55.1 Å². The number of likely N-dealkylation sites (tertiary alicyclic amines) is 1. The second-order valence-electron chi connectivity index (χ2n) is 7.03. The van der Waals surface area contributed by atoms with Crippen molar-refractivity contribution in [1.82, 2.24) is 10.2 Å². The van der Waals surface area contributed by atoms with E-state index in [1.54, 1.807) is 17.0 Å². The zero-order chi connectivity index (χ0) is 18.5. The van der Waals surface area contributed by atoms with Gasteiger partial charge >= 0.3 is 0 Å². The molecule has 2 saturated heterocycles. The predicted molar refractivity (Wildman–Crippen MR) is 102 cm³/mol. The third-order valence-electron chi connectivity index (χ3n) is 5.31. The summed E-state index contributed by atoms with van der Waals surface area (Å²) in [6, 6.07) is 5.49. The normalized spacial score (nSPS) is 19.9. The number of rotatable bonds is 4. The van der Waals surface area contributed by atoms with Crippen LogP contribution in [0.3, 0.4) is 0 Å². The van der Waals surface area contributed by atoms with Crippen molar-refractivity contribution in [2.24, 2.45) is 11.7 Å². The van der Waals surface area contributed by atoms with Crippen molar-refractivity contribution in [1.29, 1.82) is 0 Å². The summed E-state index contributed by atoms with van der Waals surface area (Å²) in [6.07, 6.45) is 2.91. The SMILES string of the molecule is Cl.NC(C(=O)NC1CCN(C(=O)c2ccccc2F)CC1)C1CCOCC1. The third-order valence-corrected chi connectivity index (χ3v) is 5.31. The molecule has 150 valence electrons. The van der Waals surface area contributed by atoms with E-state index in [-0.39, 0.29) is 41.7 Å². The van der Waals surface area contributed by atoms with Gasteiger partial charge in [0.25, 0.3) is 5.91 Å². The number of ether oxygens (including phenoxy) is 1. The molecule has 0 aliphatic carbocycles. The zero-order valence-corrected chi connectivity index (χ0v) is 16.1. The third kappa shape index (κ3) is 5.40. The first-order valence-electron chi connectivity index (χ1n) is 9.24. The van der Waals surface area contributed by atoms with E-state index in [0.29, 0.717) is 39.1 Å². The van der Waals surface area contributed by atoms with Crippen LogP contribution >= 0.6 is 12.4 Å². The van der Waals surface area contributed by atoms with Gasteiger partial charge in [-0.3, -0.25) is 9.59 Å². The maximum absolute atomic E-state index is 13.8. The van der Waals surface area contributed by atoms with Gasteiger partial charge in [0.2, 0.25) is 5.91 Å². The number of hydrogen-bond acceptors (Lipinski definition) is 4. The molecular formula is C19H27ClFN3O3. The van der Waals surface area contributed by atoms with Crippen molar-refractivity contribution >= 4 is 24.2 Å². The van der Waals surface area contributed by atoms with E-state index in [2.05, 4.69) is 5.32 Å². The molecule has 3 N–H and O–H groups in total. The number of halogens is 2. The van der Waals surface area contributed by atoms with Crippen LogP contribution in [0.4, 0.5) is 4.39 Å². The molecule has 1 atom stereocenters. The van der Waals surface area contributed by atoms with Crippen LogP contribution < -0.4 is 11.1 Å². The monoisotopic (exact) mass is 399 g/mol. The van der Waals surface area contributed by atoms with Crippen molar-refractivity contribution < 1.29 is 18.7 Å². The summed E-state index contributed by atoms with van der Waals surface area (Å²) in [5.74, 6) is -0.774. The van der Waals surface area contributed by atoms with Crippen LogP contribution in [0.15, 0.2) is 24.3 Å². The highest BCUT2D eigenvalue weighted by Gasteiger charge is 2.30. The Labute approximate surface area is 165 Å². The van der Waals surface area contributed by atoms with E-state index in [4.69, 9.17) is 10.5 Å². The van der Waals surface area contributed by atoms with Crippen molar-refractivity contribution in [2.45, 2.75) is 37.8 Å². The fourth-order valence-electron chi connectivity index (χ4n) is 3.62. The van der Waals surface area contributed by atoms with E-state index >= 15 is 0 Å². The summed E-state index contributed by atoms with van der Waals surface area (Å²) in [5, 5.41) is 3.01. The topological polar surface area (TPSA) is 84.7 Å². The van der Waals surface area contributed by atoms with Crippen LogP contribution in [0.2, 0.25) is 0 Å². The van der Waals surface area contributed by atoms with E-state index in [9.17, 15) is 14.0 Å². The van der Waals surface area contributed by atoms with Crippen LogP contribution in [0.1, 0.15) is 36.0 Å². The minimum Gasteiger partial charge on any atom is -0.381 e. The van der Waals surface area contributed by atoms with Gasteiger partial charge in [-0.05, 0) is 43.7 Å². The van der Waals surface area contributed by atoms with E-state index in [1.165, 1.54) is 12.1 Å². The predicted octanol–water partition coefficient (Wildman–Crippen LogP) is 1.72. The van der Waals surface area contributed by atoms with Gasteiger partial charge < -0.3 is 20.7 Å². The van der Waals surface area contributed by atoms with Crippen LogP contribution in [0, 0.1) is 11.7 Å². The van der Waals surface area contributed by atoms with Gasteiger partial charge in [0, 0.05) is 32.3 Å². The second kappa shape index (κ2) is 10.0. The van der Waals surface area contributed by atoms with E-state index in [1.807, 2.05) is 0 Å². The van der Waals surface area contributed by atoms with Gasteiger partial charge in [-0.25, -0.2) is 4.39 Å². The molecule has 0 saturated carbocycles. The lowest BCUT2D eigenvalue weighted by Gasteiger charge is -2.34. The van der Waals surface area contributed by atoms with Gasteiger partial charge in [-0.1, -0.05) is 12.1 Å². The number of nitrogens with one attached hydrogen (secondary N) is 1. The minimum absolute atomic E-state index is 0. The molecule has 2 aliphatic heterocycles. The molecule has 0 aromatic heterocycles. The Morgan fingerprint density at radius 1 is 1.15 bits per heavy atom. The Morgan fingerprint density at radius 3 is 2.41 bits per heavy atom. The average molecular weight is 400 g/mol. The fourth-order valence-corrected chi connectivity index (χ4v) is 3.62. The Bertz CT molecular complexity index is 647. The number of benzene rings is 1. The fraction of sp³-hybridized carbons (Fsp3) is 0.579. The first-order chi connectivity index (χ1) is 12.6. The van der Waals surface area contributed by atoms with Gasteiger partial charge in [0.05, 0.1) is 11.6 Å². The average Bonchev–Trinajstić information content (AvgIpc) is 2.68. The zero-order valence-electron chi connectivity index (χ0n) is 15.2. The number of carbonyl (C=O) groups excluding carboxylic acids is 2. The molecule has 0 spiro atoms. The maximum atomic E-state index is 13.8. The highest BCUT2D eigenvalue weighted by molar-refractivity contribution is 5.94. The molecular weight excluding hydrogens is 373 g/mol. The molecule has 2 fully saturated rings. The first kappa shape index (κ1) is 21.6. The lowest BCUT2D eigenvalue weighted by Crippen LogP contribution is -2.53. The number of nitrogens with two attached hydrogens (primary N) is 1. The van der Waals surface area contributed by atoms with Gasteiger partial charge in [0.15, 0.2) is 0 Å². The Morgan fingerprint density at radius 2 is 1.78 bits per heavy atom. The molecule has 3 rings (SSSR count). The molecule has 2 heterocycles. The van der Waals surface area contributed by atoms with E-state index < -0.39 is 11.9 Å². The summed E-state index contributed by atoms with van der Waals surface area (Å²) >= 11 is 0. The van der Waals surface area contributed by atoms with Crippen molar-refractivity contribution in [3.05, 3.63) is 35.6 Å². The van der Waals surface area contributed by atoms with Crippen LogP contribution in [0.25, 0.3) is 0 Å². The largest absolute Gasteiger partial charge is 0.381 e. The van der Waals surface area contributed by atoms with Gasteiger partial charge in [-0.15, -0.1) is 12.4 Å². The number of carbonyl (C=O) groups is 2. The van der Waals surface area contributed by atoms with Gasteiger partial charge in [0.1, 0.15) is 5.82 Å². The molecule has 6 nitrogen and oxygen atoms in total. The van der Waals surface area contributed by atoms with Crippen molar-refractivity contribution in [3.8, 4) is 0 Å². The first-order valence-corrected chi connectivity index (χ1v) is 9.24. The summed E-state index contributed by atoms with van der Waals surface area (Å²) in [7, 11) is 0. The van der Waals surface area contributed by atoms with Gasteiger partial charge in [-0.2, -0.15) is 0 Å². The Hall–Kier alpha value is -1.70. The highest BCUT2D eigenvalue weighted by Crippen LogP contribution is 2.19. The van der Waals surface area contributed by atoms with E-state index in [0.717, 1.165) is 12.8 Å². The van der Waals surface area contributed by atoms with Crippen LogP contribution in [-0.2, 0) is 9.53 Å². The number of hydrogen-bond donors (Lipinski definition) is 2. The minimum atomic E-state index is -0.517. The quantitative estimate of drug-likeness (QED) is 0.807. The molecule has 2 amide bonds. The number of piperidine rings is 1. The lowest BCUT2D eigenvalue weighted by molar-refractivity contribution is -0.125. The molecule has 1 aromatic carbocycles. The van der Waals surface area contributed by atoms with Crippen molar-refractivity contribution in [2.75, 3.05) is 26.3 Å². The molecule has 1 unspecified atom stereocenters. The number of amides is 2. The Kier molecular flexibility index (Phi) is 8.01. The smallest absolute Gasteiger partial charge is 0.256 e. The highest BCUT2D eigenvalue weighted by atomic mass is 35.5. The molecule has 27 heavy (non-hydrogen) atoms. The van der Waals surface area contributed by atoms with Crippen LogP contribution in [0.5, 0.6) is 0 Å². The molecule has 0 bridgehead atoms. The standard InChI is InChI=1S/C19H26FN3O3.ClH/c20-16-4-2-1-3-15(16)19(25)23-9-5-14(6-10-23)22-18(24)17(21)13-7-11-26-12-8-13;/h1-4,13-14,17H,5-12,21H2,(H,22,24);1H. The molecule has 0 radical (unpaired) electrons. The van der Waals surface area contributed by atoms with Crippen molar-refractivity contribution in [3.63, 3.8) is 0 Å². The molecule has 2 aliphatic rings. The lowest BCUT2D eigenvalue weighted by atomic mass is 9.91. The summed E-state index contributed by atoms with van der Waals surface area (Å²) in [6.45, 7) is 2.29. The maximum Gasteiger partial charge on any atom is 0.256 e. The summed E-state index contributed by atoms with van der Waals surface area (Å²) < 4.78 is 19.1. The Balaban J connectivity index is 0.00000261. The second-order valence-corrected chi connectivity index (χ2v) is 7.03. The summed E-state index contributed by atoms with van der Waals surface area (Å²) in [5.41, 5.74) is 6.20. The molecule has 1 aromatic rings. The number of nitrogens with zero attached hydrogens (tertiary/aromatic N) is 1.